The molecule has 0 bridgehead atoms. The van der Waals surface area contributed by atoms with Crippen molar-refractivity contribution in [3.8, 4) is 23.3 Å². The minimum Gasteiger partial charge on any atom is -0.667 e. The van der Waals surface area contributed by atoms with Crippen LogP contribution in [0.5, 0.6) is 11.5 Å². The molecular formula is C43H56N3O6-. The Kier molecular flexibility index (Phi) is 12.7. The van der Waals surface area contributed by atoms with Crippen LogP contribution in [0.4, 0.5) is 5.82 Å². The van der Waals surface area contributed by atoms with Crippen LogP contribution in [0, 0.1) is 29.6 Å². The number of anilines is 1. The smallest absolute Gasteiger partial charge is 0.161 e. The molecule has 52 heavy (non-hydrogen) atoms. The number of aliphatic hydroxyl groups excluding tert-OH is 4. The Labute approximate surface area is 308 Å². The molecule has 3 aromatic rings. The third-order valence-electron chi connectivity index (χ3n) is 12.1. The number of benzene rings is 1. The first-order chi connectivity index (χ1) is 25.2. The van der Waals surface area contributed by atoms with E-state index in [2.05, 4.69) is 35.9 Å². The van der Waals surface area contributed by atoms with Gasteiger partial charge in [0.25, 0.3) is 0 Å². The van der Waals surface area contributed by atoms with Gasteiger partial charge >= 0.3 is 0 Å². The normalized spacial score (nSPS) is 27.9. The number of fused-ring (bicyclic) bond motifs is 1. The monoisotopic (exact) mass is 710 g/mol. The lowest BCUT2D eigenvalue weighted by atomic mass is 9.60. The fourth-order valence-electron chi connectivity index (χ4n) is 9.11. The third kappa shape index (κ3) is 8.52. The Bertz CT molecular complexity index is 1680. The molecule has 7 N–H and O–H groups in total. The van der Waals surface area contributed by atoms with E-state index in [1.165, 1.54) is 0 Å². The van der Waals surface area contributed by atoms with E-state index in [0.717, 1.165) is 74.6 Å². The van der Waals surface area contributed by atoms with E-state index in [-0.39, 0.29) is 34.7 Å². The van der Waals surface area contributed by atoms with Gasteiger partial charge in [0.15, 0.2) is 11.5 Å². The molecule has 0 aliphatic heterocycles. The molecule has 3 aliphatic carbocycles. The number of allylic oxidation sites excluding steroid dienone is 2. The fraction of sp³-hybridized carbons (Fsp3) is 0.558. The molecule has 9 nitrogen and oxygen atoms in total. The number of aromatic nitrogens is 2. The Hall–Kier alpha value is -3.81. The van der Waals surface area contributed by atoms with Crippen molar-refractivity contribution in [1.29, 1.82) is 0 Å². The molecule has 0 amide bonds. The highest BCUT2D eigenvalue weighted by Crippen LogP contribution is 2.51. The van der Waals surface area contributed by atoms with Crippen molar-refractivity contribution in [3.63, 3.8) is 0 Å². The Morgan fingerprint density at radius 2 is 1.81 bits per heavy atom. The van der Waals surface area contributed by atoms with Gasteiger partial charge in [-0.25, -0.2) is 4.98 Å². The van der Waals surface area contributed by atoms with Crippen molar-refractivity contribution in [1.82, 2.24) is 9.97 Å². The number of hydrogen-bond donors (Lipinski definition) is 6. The summed E-state index contributed by atoms with van der Waals surface area (Å²) in [5.41, 5.74) is 8.64. The van der Waals surface area contributed by atoms with E-state index in [1.54, 1.807) is 18.3 Å². The number of phenolic OH excluding ortho intramolecular Hbond substituents is 1. The maximum Gasteiger partial charge on any atom is 0.161 e. The van der Waals surface area contributed by atoms with Gasteiger partial charge in [-0.15, -0.1) is 0 Å². The Morgan fingerprint density at radius 1 is 1.00 bits per heavy atom. The molecule has 0 unspecified atom stereocenters. The number of nitrogen functional groups attached to an aromatic ring is 1. The first-order valence-electron chi connectivity index (χ1n) is 19.4. The second kappa shape index (κ2) is 17.3. The second-order valence-electron chi connectivity index (χ2n) is 15.3. The number of nitrogens with zero attached hydrogens (tertiary/aromatic N) is 2. The fourth-order valence-corrected chi connectivity index (χ4v) is 9.11. The molecule has 280 valence electrons. The molecule has 1 fully saturated rings. The quantitative estimate of drug-likeness (QED) is 0.102. The van der Waals surface area contributed by atoms with E-state index in [1.807, 2.05) is 36.5 Å². The summed E-state index contributed by atoms with van der Waals surface area (Å²) in [5.74, 6) is 6.58. The van der Waals surface area contributed by atoms with Gasteiger partial charge in [0, 0.05) is 29.9 Å². The van der Waals surface area contributed by atoms with E-state index >= 15 is 0 Å². The van der Waals surface area contributed by atoms with Crippen molar-refractivity contribution >= 4 is 5.82 Å². The van der Waals surface area contributed by atoms with Gasteiger partial charge in [0.2, 0.25) is 0 Å². The maximum atomic E-state index is 11.6. The van der Waals surface area contributed by atoms with E-state index < -0.39 is 36.9 Å². The summed E-state index contributed by atoms with van der Waals surface area (Å²) in [6.07, 6.45) is 14.3. The van der Waals surface area contributed by atoms with E-state index in [4.69, 9.17) is 15.5 Å². The van der Waals surface area contributed by atoms with E-state index in [0.29, 0.717) is 31.0 Å². The summed E-state index contributed by atoms with van der Waals surface area (Å²) in [6, 6.07) is 13.0. The molecule has 9 atom stereocenters. The lowest BCUT2D eigenvalue weighted by Gasteiger charge is -2.48. The number of rotatable bonds is 11. The van der Waals surface area contributed by atoms with E-state index in [9.17, 15) is 25.5 Å². The molecule has 0 saturated heterocycles. The van der Waals surface area contributed by atoms with Gasteiger partial charge in [-0.05, 0) is 91.7 Å². The molecule has 3 aliphatic rings. The number of nitrogens with two attached hydrogens (primary N) is 1. The summed E-state index contributed by atoms with van der Waals surface area (Å²) in [5, 5.41) is 55.5. The second-order valence-corrected chi connectivity index (χ2v) is 15.3. The largest absolute Gasteiger partial charge is 0.667 e. The van der Waals surface area contributed by atoms with Crippen molar-refractivity contribution in [2.24, 2.45) is 17.8 Å². The lowest BCUT2D eigenvalue weighted by molar-refractivity contribution is -0.0139. The zero-order valence-corrected chi connectivity index (χ0v) is 30.4. The molecule has 0 radical (unpaired) electrons. The number of pyridine rings is 1. The molecule has 1 saturated carbocycles. The highest BCUT2D eigenvalue weighted by molar-refractivity contribution is 5.45. The number of phenols is 1. The highest BCUT2D eigenvalue weighted by atomic mass is 16.5. The first kappa shape index (κ1) is 37.9. The van der Waals surface area contributed by atoms with Crippen molar-refractivity contribution in [2.45, 2.75) is 126 Å². The molecule has 6 rings (SSSR count). The Balaban J connectivity index is 1.32. The predicted molar refractivity (Wildman–Crippen MR) is 202 cm³/mol. The van der Waals surface area contributed by atoms with Crippen molar-refractivity contribution < 1.29 is 30.3 Å². The van der Waals surface area contributed by atoms with Crippen molar-refractivity contribution in [3.05, 3.63) is 83.8 Å². The average molecular weight is 711 g/mol. The summed E-state index contributed by atoms with van der Waals surface area (Å²) in [6.45, 7) is 1.63. The number of ether oxygens (including phenoxy) is 1. The summed E-state index contributed by atoms with van der Waals surface area (Å²) < 4.78 is 6.54. The van der Waals surface area contributed by atoms with Gasteiger partial charge in [-0.1, -0.05) is 81.2 Å². The number of hydrogen-bond acceptors (Lipinski definition) is 8. The summed E-state index contributed by atoms with van der Waals surface area (Å²) in [4.78, 5) is 9.04. The molecule has 1 aromatic carbocycles. The van der Waals surface area contributed by atoms with Gasteiger partial charge in [0.05, 0.1) is 18.8 Å². The third-order valence-corrected chi connectivity index (χ3v) is 12.1. The van der Waals surface area contributed by atoms with Crippen LogP contribution in [-0.2, 0) is 5.41 Å². The van der Waals surface area contributed by atoms with Crippen LogP contribution in [-0.4, -0.2) is 61.5 Å². The maximum absolute atomic E-state index is 11.6. The van der Waals surface area contributed by atoms with Crippen molar-refractivity contribution in [2.75, 3.05) is 12.3 Å². The zero-order chi connectivity index (χ0) is 36.7. The molecule has 9 heteroatoms. The predicted octanol–water partition coefficient (Wildman–Crippen LogP) is 6.10. The zero-order valence-electron chi connectivity index (χ0n) is 30.4. The lowest BCUT2D eigenvalue weighted by Crippen LogP contribution is -2.43. The molecule has 0 spiro atoms. The topological polar surface area (TPSA) is 163 Å². The van der Waals surface area contributed by atoms with Crippen LogP contribution in [0.1, 0.15) is 113 Å². The number of aliphatic hydroxyl groups is 4. The van der Waals surface area contributed by atoms with Crippen LogP contribution in [0.3, 0.4) is 0 Å². The van der Waals surface area contributed by atoms with Gasteiger partial charge in [-0.2, -0.15) is 11.9 Å². The molecule has 2 aromatic heterocycles. The van der Waals surface area contributed by atoms with Gasteiger partial charge in [0.1, 0.15) is 18.0 Å². The SMILES string of the molecule is CC[C@@H]1C#C[C@@H]2C=C[C@@H](c3ccc(O)c(O[C@H](C[C@H](c4ccnc(N)c4)C4(c5ccc[n-]5)CCCCC4)[C@H](O)CO)c3)C[C@@H](O)[C@H]2[C@@H](O)CCCC1. The van der Waals surface area contributed by atoms with Gasteiger partial charge < -0.3 is 41.0 Å². The minimum absolute atomic E-state index is 0.0899. The number of aromatic hydroxyl groups is 1. The van der Waals surface area contributed by atoms with Crippen LogP contribution in [0.2, 0.25) is 0 Å². The van der Waals surface area contributed by atoms with Gasteiger partial charge in [-0.3, -0.25) is 0 Å². The van der Waals surface area contributed by atoms with Crippen LogP contribution < -0.4 is 15.5 Å². The first-order valence-corrected chi connectivity index (χ1v) is 19.4. The summed E-state index contributed by atoms with van der Waals surface area (Å²) in [7, 11) is 0. The molecule has 2 heterocycles. The molecular weight excluding hydrogens is 654 g/mol. The van der Waals surface area contributed by atoms with Crippen LogP contribution in [0.25, 0.3) is 0 Å². The average Bonchev–Trinajstić information content (AvgIpc) is 3.65. The standard InChI is InChI=1S/C43H56N3O6/c1-2-28-9-4-5-10-35(49)42-29(13-12-28)14-15-30(23-36(42)50)31-16-17-34(48)38(24-31)52-39(37(51)27-47)26-33(32-18-22-46-41(44)25-32)43(19-6-3-7-20-43)40-11-8-21-45-40/h8,11,14-18,21-22,24-25,28-30,33,35-37,39,42,47-51H,2-7,9-10,19-20,23,26-27H2,1H3,(H2,44,46)/q-1/t28-,29+,30+,33+,35-,36+,37+,39+,42+/m0/s1. The highest BCUT2D eigenvalue weighted by Gasteiger charge is 2.43. The minimum atomic E-state index is -1.24. The van der Waals surface area contributed by atoms with Crippen LogP contribution >= 0.6 is 0 Å². The summed E-state index contributed by atoms with van der Waals surface area (Å²) >= 11 is 0. The Morgan fingerprint density at radius 3 is 2.54 bits per heavy atom. The van der Waals surface area contributed by atoms with Crippen LogP contribution in [0.15, 0.2) is 67.0 Å².